The van der Waals surface area contributed by atoms with E-state index in [4.69, 9.17) is 0 Å². The number of amides is 1. The molecule has 132 valence electrons. The van der Waals surface area contributed by atoms with Crippen LogP contribution < -0.4 is 5.32 Å². The first-order valence-electron chi connectivity index (χ1n) is 8.50. The number of nitrogens with zero attached hydrogens (tertiary/aromatic N) is 4. The van der Waals surface area contributed by atoms with E-state index in [9.17, 15) is 4.79 Å². The first kappa shape index (κ1) is 17.2. The third-order valence-corrected chi connectivity index (χ3v) is 4.49. The highest BCUT2D eigenvalue weighted by atomic mass is 16.1. The lowest BCUT2D eigenvalue weighted by atomic mass is 10.1. The standard InChI is InChI=1S/C19H25N5O/c1-22(2)18(16-12-21-23(3)14-16)13-20-19(25)9-11-24-10-8-15-6-4-5-7-17(15)24/h4-8,10,12,14,18H,9,11,13H2,1-3H3,(H,20,25). The number of hydrogen-bond donors (Lipinski definition) is 1. The minimum absolute atomic E-state index is 0.0634. The number of benzene rings is 1. The Balaban J connectivity index is 1.55. The Morgan fingerprint density at radius 1 is 1.28 bits per heavy atom. The van der Waals surface area contributed by atoms with E-state index < -0.39 is 0 Å². The summed E-state index contributed by atoms with van der Waals surface area (Å²) in [7, 11) is 5.92. The second-order valence-electron chi connectivity index (χ2n) is 6.55. The van der Waals surface area contributed by atoms with Crippen molar-refractivity contribution >= 4 is 16.8 Å². The number of nitrogens with one attached hydrogen (secondary N) is 1. The monoisotopic (exact) mass is 339 g/mol. The highest BCUT2D eigenvalue weighted by molar-refractivity contribution is 5.80. The minimum atomic E-state index is 0.0634. The number of para-hydroxylation sites is 1. The van der Waals surface area contributed by atoms with Crippen LogP contribution in [0.2, 0.25) is 0 Å². The minimum Gasteiger partial charge on any atom is -0.354 e. The maximum Gasteiger partial charge on any atom is 0.221 e. The van der Waals surface area contributed by atoms with Crippen LogP contribution in [-0.4, -0.2) is 45.8 Å². The average Bonchev–Trinajstić information content (AvgIpc) is 3.19. The van der Waals surface area contributed by atoms with Crippen LogP contribution in [0, 0.1) is 0 Å². The highest BCUT2D eigenvalue weighted by Crippen LogP contribution is 2.17. The molecule has 1 amide bonds. The van der Waals surface area contributed by atoms with Crippen molar-refractivity contribution in [3.63, 3.8) is 0 Å². The Bertz CT molecular complexity index is 848. The molecule has 0 saturated heterocycles. The smallest absolute Gasteiger partial charge is 0.221 e. The molecule has 0 aliphatic carbocycles. The number of carbonyl (C=O) groups is 1. The van der Waals surface area contributed by atoms with Crippen molar-refractivity contribution in [3.05, 3.63) is 54.5 Å². The summed E-state index contributed by atoms with van der Waals surface area (Å²) in [5, 5.41) is 8.47. The van der Waals surface area contributed by atoms with E-state index in [1.807, 2.05) is 51.9 Å². The third kappa shape index (κ3) is 4.09. The summed E-state index contributed by atoms with van der Waals surface area (Å²) in [6.07, 6.45) is 6.34. The van der Waals surface area contributed by atoms with Crippen molar-refractivity contribution in [2.24, 2.45) is 7.05 Å². The van der Waals surface area contributed by atoms with Gasteiger partial charge in [-0.2, -0.15) is 5.10 Å². The molecule has 0 fully saturated rings. The van der Waals surface area contributed by atoms with E-state index >= 15 is 0 Å². The fourth-order valence-corrected chi connectivity index (χ4v) is 3.07. The molecule has 25 heavy (non-hydrogen) atoms. The number of fused-ring (bicyclic) bond motifs is 1. The van der Waals surface area contributed by atoms with Gasteiger partial charge in [-0.05, 0) is 31.6 Å². The van der Waals surface area contributed by atoms with Crippen LogP contribution in [0.25, 0.3) is 10.9 Å². The van der Waals surface area contributed by atoms with Crippen LogP contribution in [-0.2, 0) is 18.4 Å². The van der Waals surface area contributed by atoms with Gasteiger partial charge in [0.15, 0.2) is 0 Å². The molecule has 0 aliphatic heterocycles. The van der Waals surface area contributed by atoms with Crippen LogP contribution in [0.1, 0.15) is 18.0 Å². The summed E-state index contributed by atoms with van der Waals surface area (Å²) >= 11 is 0. The van der Waals surface area contributed by atoms with Crippen molar-refractivity contribution < 1.29 is 4.79 Å². The molecular weight excluding hydrogens is 314 g/mol. The largest absolute Gasteiger partial charge is 0.354 e. The van der Waals surface area contributed by atoms with Gasteiger partial charge in [0.2, 0.25) is 5.91 Å². The van der Waals surface area contributed by atoms with E-state index in [0.29, 0.717) is 19.5 Å². The van der Waals surface area contributed by atoms with Gasteiger partial charge in [-0.3, -0.25) is 9.48 Å². The molecule has 6 heteroatoms. The van der Waals surface area contributed by atoms with E-state index in [-0.39, 0.29) is 11.9 Å². The summed E-state index contributed by atoms with van der Waals surface area (Å²) in [6, 6.07) is 10.4. The number of carbonyl (C=O) groups excluding carboxylic acids is 1. The first-order chi connectivity index (χ1) is 12.0. The summed E-state index contributed by atoms with van der Waals surface area (Å²) in [4.78, 5) is 14.4. The summed E-state index contributed by atoms with van der Waals surface area (Å²) in [6.45, 7) is 1.25. The zero-order valence-corrected chi connectivity index (χ0v) is 15.0. The number of hydrogen-bond acceptors (Lipinski definition) is 3. The Labute approximate surface area is 148 Å². The molecule has 6 nitrogen and oxygen atoms in total. The molecule has 0 aliphatic rings. The Hall–Kier alpha value is -2.60. The molecule has 0 saturated carbocycles. The molecule has 2 aromatic heterocycles. The van der Waals surface area contributed by atoms with Crippen LogP contribution in [0.5, 0.6) is 0 Å². The highest BCUT2D eigenvalue weighted by Gasteiger charge is 2.16. The lowest BCUT2D eigenvalue weighted by molar-refractivity contribution is -0.121. The van der Waals surface area contributed by atoms with E-state index in [1.54, 1.807) is 4.68 Å². The van der Waals surface area contributed by atoms with Gasteiger partial charge in [0.25, 0.3) is 0 Å². The first-order valence-corrected chi connectivity index (χ1v) is 8.50. The fourth-order valence-electron chi connectivity index (χ4n) is 3.07. The molecule has 1 N–H and O–H groups in total. The number of likely N-dealkylation sites (N-methyl/N-ethyl adjacent to an activating group) is 1. The van der Waals surface area contributed by atoms with Crippen LogP contribution in [0.4, 0.5) is 0 Å². The number of rotatable bonds is 7. The van der Waals surface area contributed by atoms with Gasteiger partial charge in [0.05, 0.1) is 12.2 Å². The van der Waals surface area contributed by atoms with Crippen molar-refractivity contribution in [2.75, 3.05) is 20.6 Å². The van der Waals surface area contributed by atoms with Crippen molar-refractivity contribution in [3.8, 4) is 0 Å². The molecule has 1 unspecified atom stereocenters. The number of aromatic nitrogens is 3. The molecule has 1 aromatic carbocycles. The normalized spacial score (nSPS) is 12.6. The molecule has 0 bridgehead atoms. The van der Waals surface area contributed by atoms with Gasteiger partial charge in [0.1, 0.15) is 0 Å². The second-order valence-corrected chi connectivity index (χ2v) is 6.55. The Kier molecular flexibility index (Phi) is 5.19. The maximum atomic E-state index is 12.3. The van der Waals surface area contributed by atoms with Crippen molar-refractivity contribution in [1.29, 1.82) is 0 Å². The van der Waals surface area contributed by atoms with Crippen molar-refractivity contribution in [1.82, 2.24) is 24.6 Å². The summed E-state index contributed by atoms with van der Waals surface area (Å²) < 4.78 is 3.91. The van der Waals surface area contributed by atoms with Gasteiger partial charge in [-0.25, -0.2) is 0 Å². The second kappa shape index (κ2) is 7.53. The van der Waals surface area contributed by atoms with E-state index in [0.717, 1.165) is 11.1 Å². The molecular formula is C19H25N5O. The average molecular weight is 339 g/mol. The van der Waals surface area contributed by atoms with E-state index in [2.05, 4.69) is 38.1 Å². The molecule has 2 heterocycles. The third-order valence-electron chi connectivity index (χ3n) is 4.49. The molecule has 0 radical (unpaired) electrons. The lowest BCUT2D eigenvalue weighted by Crippen LogP contribution is -2.34. The van der Waals surface area contributed by atoms with Gasteiger partial charge in [-0.15, -0.1) is 0 Å². The van der Waals surface area contributed by atoms with Gasteiger partial charge < -0.3 is 14.8 Å². The predicted octanol–water partition coefficient (Wildman–Crippen LogP) is 2.18. The Morgan fingerprint density at radius 3 is 2.80 bits per heavy atom. The molecule has 1 atom stereocenters. The van der Waals surface area contributed by atoms with Gasteiger partial charge in [-0.1, -0.05) is 18.2 Å². The molecule has 0 spiro atoms. The quantitative estimate of drug-likeness (QED) is 0.718. The predicted molar refractivity (Wildman–Crippen MR) is 99.2 cm³/mol. The summed E-state index contributed by atoms with van der Waals surface area (Å²) in [5.74, 6) is 0.0634. The zero-order valence-electron chi connectivity index (χ0n) is 15.0. The number of aryl methyl sites for hydroxylation is 2. The Morgan fingerprint density at radius 2 is 2.08 bits per heavy atom. The topological polar surface area (TPSA) is 55.1 Å². The van der Waals surface area contributed by atoms with E-state index in [1.165, 1.54) is 5.39 Å². The maximum absolute atomic E-state index is 12.3. The summed E-state index contributed by atoms with van der Waals surface area (Å²) in [5.41, 5.74) is 2.26. The van der Waals surface area contributed by atoms with Gasteiger partial charge >= 0.3 is 0 Å². The fraction of sp³-hybridized carbons (Fsp3) is 0.368. The van der Waals surface area contributed by atoms with Crippen LogP contribution >= 0.6 is 0 Å². The van der Waals surface area contributed by atoms with Crippen LogP contribution in [0.3, 0.4) is 0 Å². The van der Waals surface area contributed by atoms with Crippen LogP contribution in [0.15, 0.2) is 48.9 Å². The SMILES string of the molecule is CN(C)C(CNC(=O)CCn1ccc2ccccc21)c1cnn(C)c1. The molecule has 3 aromatic rings. The van der Waals surface area contributed by atoms with Crippen molar-refractivity contribution in [2.45, 2.75) is 19.0 Å². The molecule has 3 rings (SSSR count). The lowest BCUT2D eigenvalue weighted by Gasteiger charge is -2.23. The zero-order chi connectivity index (χ0) is 17.8. The van der Waals surface area contributed by atoms with Gasteiger partial charge in [0, 0.05) is 50.0 Å².